The normalized spacial score (nSPS) is 20.5. The lowest BCUT2D eigenvalue weighted by molar-refractivity contribution is -0.137. The molecule has 13 heteroatoms. The van der Waals surface area contributed by atoms with Crippen molar-refractivity contribution in [1.29, 1.82) is 0 Å². The highest BCUT2D eigenvalue weighted by Crippen LogP contribution is 2.52. The summed E-state index contributed by atoms with van der Waals surface area (Å²) in [5.74, 6) is -1.45. The standard InChI is InChI=1S/C18H15ClF4NO6P/c1-28-15-6-4-11(19)8-13(15)17(20)12-5-3-10(18(21,22)23)7-14(12)24(16(17)25)9-30-31(26,27)29-2/h3-8H,9H2,1-2H3,(H,26,27)/t17-/m0/s1. The summed E-state index contributed by atoms with van der Waals surface area (Å²) in [6.07, 6.45) is -4.79. The van der Waals surface area contributed by atoms with Gasteiger partial charge in [-0.3, -0.25) is 18.7 Å². The van der Waals surface area contributed by atoms with Crippen LogP contribution in [-0.4, -0.2) is 31.8 Å². The Bertz CT molecular complexity index is 1080. The number of rotatable bonds is 6. The Morgan fingerprint density at radius 3 is 2.42 bits per heavy atom. The molecule has 0 radical (unpaired) electrons. The molecule has 0 aliphatic carbocycles. The van der Waals surface area contributed by atoms with Crippen molar-refractivity contribution in [3.8, 4) is 5.75 Å². The number of carbonyl (C=O) groups excluding carboxylic acids is 1. The molecule has 0 saturated heterocycles. The lowest BCUT2D eigenvalue weighted by Crippen LogP contribution is -2.39. The Labute approximate surface area is 178 Å². The number of alkyl halides is 4. The maximum absolute atomic E-state index is 16.4. The van der Waals surface area contributed by atoms with Gasteiger partial charge in [-0.1, -0.05) is 17.7 Å². The van der Waals surface area contributed by atoms with Gasteiger partial charge in [-0.15, -0.1) is 0 Å². The van der Waals surface area contributed by atoms with Crippen LogP contribution in [0.1, 0.15) is 16.7 Å². The number of phosphoric ester groups is 1. The van der Waals surface area contributed by atoms with Gasteiger partial charge in [0.1, 0.15) is 12.5 Å². The molecule has 0 saturated carbocycles. The van der Waals surface area contributed by atoms with Crippen molar-refractivity contribution in [2.24, 2.45) is 0 Å². The minimum atomic E-state index is -4.79. The van der Waals surface area contributed by atoms with Gasteiger partial charge in [0, 0.05) is 23.3 Å². The van der Waals surface area contributed by atoms with Crippen LogP contribution in [-0.2, 0) is 30.3 Å². The second-order valence-corrected chi connectivity index (χ2v) is 8.37. The second kappa shape index (κ2) is 8.07. The van der Waals surface area contributed by atoms with Crippen LogP contribution >= 0.6 is 19.4 Å². The van der Waals surface area contributed by atoms with Crippen molar-refractivity contribution in [2.75, 3.05) is 25.9 Å². The van der Waals surface area contributed by atoms with Crippen molar-refractivity contribution in [1.82, 2.24) is 0 Å². The van der Waals surface area contributed by atoms with Gasteiger partial charge in [0.25, 0.3) is 5.91 Å². The van der Waals surface area contributed by atoms with Gasteiger partial charge in [-0.25, -0.2) is 8.96 Å². The van der Waals surface area contributed by atoms with Crippen LogP contribution in [0.4, 0.5) is 23.2 Å². The molecule has 3 rings (SSSR count). The maximum Gasteiger partial charge on any atom is 0.473 e. The van der Waals surface area contributed by atoms with Crippen LogP contribution in [0.25, 0.3) is 0 Å². The van der Waals surface area contributed by atoms with Gasteiger partial charge in [-0.2, -0.15) is 13.2 Å². The van der Waals surface area contributed by atoms with Crippen molar-refractivity contribution in [3.05, 3.63) is 58.1 Å². The number of halogens is 5. The number of hydrogen-bond acceptors (Lipinski definition) is 5. The third kappa shape index (κ3) is 4.16. The summed E-state index contributed by atoms with van der Waals surface area (Å²) >= 11 is 5.94. The van der Waals surface area contributed by atoms with E-state index in [0.717, 1.165) is 19.2 Å². The van der Waals surface area contributed by atoms with Gasteiger partial charge < -0.3 is 9.63 Å². The number of phosphoric acid groups is 1. The molecular weight excluding hydrogens is 469 g/mol. The van der Waals surface area contributed by atoms with E-state index in [4.69, 9.17) is 16.3 Å². The van der Waals surface area contributed by atoms with Crippen molar-refractivity contribution >= 4 is 31.0 Å². The van der Waals surface area contributed by atoms with Gasteiger partial charge in [0.05, 0.1) is 18.4 Å². The Morgan fingerprint density at radius 1 is 1.16 bits per heavy atom. The molecule has 1 unspecified atom stereocenters. The first-order chi connectivity index (χ1) is 14.3. The molecule has 7 nitrogen and oxygen atoms in total. The van der Waals surface area contributed by atoms with E-state index >= 15 is 4.39 Å². The lowest BCUT2D eigenvalue weighted by Gasteiger charge is -2.23. The van der Waals surface area contributed by atoms with Crippen molar-refractivity contribution < 1.29 is 45.6 Å². The summed E-state index contributed by atoms with van der Waals surface area (Å²) in [6, 6.07) is 5.75. The number of carbonyl (C=O) groups is 1. The number of methoxy groups -OCH3 is 1. The summed E-state index contributed by atoms with van der Waals surface area (Å²) in [5.41, 5.74) is -5.47. The molecular formula is C18H15ClF4NO6P. The SMILES string of the molecule is COc1ccc(Cl)cc1[C@]1(F)C(=O)N(COP(=O)(O)OC)c2cc(C(F)(F)F)ccc21. The average Bonchev–Trinajstić information content (AvgIpc) is 2.93. The number of amides is 1. The molecule has 2 atom stereocenters. The predicted molar refractivity (Wildman–Crippen MR) is 102 cm³/mol. The first kappa shape index (κ1) is 23.5. The fraction of sp³-hybridized carbons (Fsp3) is 0.278. The number of benzene rings is 2. The topological polar surface area (TPSA) is 85.3 Å². The highest BCUT2D eigenvalue weighted by atomic mass is 35.5. The zero-order valence-electron chi connectivity index (χ0n) is 15.9. The Kier molecular flexibility index (Phi) is 6.11. The fourth-order valence-electron chi connectivity index (χ4n) is 3.15. The zero-order valence-corrected chi connectivity index (χ0v) is 17.6. The quantitative estimate of drug-likeness (QED) is 0.476. The molecule has 0 bridgehead atoms. The summed E-state index contributed by atoms with van der Waals surface area (Å²) in [7, 11) is -2.57. The van der Waals surface area contributed by atoms with E-state index in [1.54, 1.807) is 0 Å². The molecule has 1 heterocycles. The Morgan fingerprint density at radius 2 is 1.84 bits per heavy atom. The highest BCUT2D eigenvalue weighted by molar-refractivity contribution is 7.47. The molecule has 0 spiro atoms. The van der Waals surface area contributed by atoms with Gasteiger partial charge in [-0.05, 0) is 30.3 Å². The highest BCUT2D eigenvalue weighted by Gasteiger charge is 2.55. The Hall–Kier alpha value is -2.17. The molecule has 2 aromatic carbocycles. The van der Waals surface area contributed by atoms with E-state index in [0.29, 0.717) is 17.0 Å². The molecule has 1 amide bonds. The van der Waals surface area contributed by atoms with Gasteiger partial charge in [0.2, 0.25) is 5.67 Å². The predicted octanol–water partition coefficient (Wildman–Crippen LogP) is 4.65. The van der Waals surface area contributed by atoms with E-state index in [1.807, 2.05) is 0 Å². The third-order valence-electron chi connectivity index (χ3n) is 4.64. The van der Waals surface area contributed by atoms with Gasteiger partial charge in [0.15, 0.2) is 0 Å². The molecule has 31 heavy (non-hydrogen) atoms. The van der Waals surface area contributed by atoms with Crippen LogP contribution in [0.15, 0.2) is 36.4 Å². The molecule has 1 N–H and O–H groups in total. The number of anilines is 1. The number of fused-ring (bicyclic) bond motifs is 1. The lowest BCUT2D eigenvalue weighted by atomic mass is 9.88. The molecule has 1 aliphatic heterocycles. The smallest absolute Gasteiger partial charge is 0.473 e. The molecule has 0 fully saturated rings. The average molecular weight is 484 g/mol. The minimum absolute atomic E-state index is 0.0445. The van der Waals surface area contributed by atoms with Crippen LogP contribution in [0.2, 0.25) is 5.02 Å². The number of ether oxygens (including phenoxy) is 1. The van der Waals surface area contributed by atoms with Crippen LogP contribution in [0.3, 0.4) is 0 Å². The summed E-state index contributed by atoms with van der Waals surface area (Å²) in [5, 5.41) is 0.0445. The second-order valence-electron chi connectivity index (χ2n) is 6.38. The summed E-state index contributed by atoms with van der Waals surface area (Å²) in [6.45, 7) is -1.05. The van der Waals surface area contributed by atoms with E-state index in [1.165, 1.54) is 19.2 Å². The van der Waals surface area contributed by atoms with Crippen LogP contribution in [0.5, 0.6) is 5.75 Å². The fourth-order valence-corrected chi connectivity index (χ4v) is 3.69. The minimum Gasteiger partial charge on any atom is -0.496 e. The zero-order chi connectivity index (χ0) is 23.2. The first-order valence-corrected chi connectivity index (χ1v) is 10.3. The van der Waals surface area contributed by atoms with Crippen LogP contribution < -0.4 is 9.64 Å². The molecule has 168 valence electrons. The largest absolute Gasteiger partial charge is 0.496 e. The Balaban J connectivity index is 2.21. The summed E-state index contributed by atoms with van der Waals surface area (Å²) < 4.78 is 81.7. The number of hydrogen-bond donors (Lipinski definition) is 1. The van der Waals surface area contributed by atoms with Crippen molar-refractivity contribution in [2.45, 2.75) is 11.8 Å². The molecule has 1 aliphatic rings. The monoisotopic (exact) mass is 483 g/mol. The van der Waals surface area contributed by atoms with E-state index in [9.17, 15) is 27.4 Å². The maximum atomic E-state index is 16.4. The third-order valence-corrected chi connectivity index (χ3v) is 5.78. The van der Waals surface area contributed by atoms with E-state index < -0.39 is 49.1 Å². The van der Waals surface area contributed by atoms with Crippen molar-refractivity contribution in [3.63, 3.8) is 0 Å². The van der Waals surface area contributed by atoms with Gasteiger partial charge >= 0.3 is 14.0 Å². The van der Waals surface area contributed by atoms with E-state index in [-0.39, 0.29) is 16.3 Å². The summed E-state index contributed by atoms with van der Waals surface area (Å²) in [4.78, 5) is 23.0. The molecule has 0 aromatic heterocycles. The first-order valence-electron chi connectivity index (χ1n) is 8.45. The van der Waals surface area contributed by atoms with Crippen LogP contribution in [0, 0.1) is 0 Å². The molecule has 2 aromatic rings. The number of nitrogens with zero attached hydrogens (tertiary/aromatic N) is 1. The van der Waals surface area contributed by atoms with E-state index in [2.05, 4.69) is 9.05 Å².